The highest BCUT2D eigenvalue weighted by Gasteiger charge is 2.07. The standard InChI is InChI=1S/C15H12ClFN2OS/c1-2-20-13-5-4-10(8-11(13)17)18-15-19-12-7-9(16)3-6-14(12)21-15/h3-8H,2H2,1H3,(H,18,19). The van der Waals surface area contributed by atoms with Crippen LogP contribution in [0.1, 0.15) is 6.92 Å². The summed E-state index contributed by atoms with van der Waals surface area (Å²) in [4.78, 5) is 4.43. The summed E-state index contributed by atoms with van der Waals surface area (Å²) in [6, 6.07) is 10.3. The summed E-state index contributed by atoms with van der Waals surface area (Å²) in [5.41, 5.74) is 1.45. The minimum atomic E-state index is -0.397. The summed E-state index contributed by atoms with van der Waals surface area (Å²) in [6.07, 6.45) is 0. The van der Waals surface area contributed by atoms with Gasteiger partial charge in [-0.2, -0.15) is 0 Å². The maximum absolute atomic E-state index is 13.8. The van der Waals surface area contributed by atoms with Gasteiger partial charge in [0.15, 0.2) is 16.7 Å². The first-order valence-corrected chi connectivity index (χ1v) is 7.60. The Morgan fingerprint density at radius 1 is 1.29 bits per heavy atom. The van der Waals surface area contributed by atoms with Crippen LogP contribution in [-0.4, -0.2) is 11.6 Å². The van der Waals surface area contributed by atoms with Gasteiger partial charge in [-0.05, 0) is 37.3 Å². The predicted octanol–water partition coefficient (Wildman–Crippen LogP) is 5.23. The molecule has 0 aliphatic carbocycles. The number of halogens is 2. The highest BCUT2D eigenvalue weighted by atomic mass is 35.5. The summed E-state index contributed by atoms with van der Waals surface area (Å²) in [5, 5.41) is 4.43. The van der Waals surface area contributed by atoms with Crippen molar-refractivity contribution in [2.24, 2.45) is 0 Å². The Hall–Kier alpha value is -1.85. The van der Waals surface area contributed by atoms with Crippen molar-refractivity contribution in [2.45, 2.75) is 6.92 Å². The third-order valence-electron chi connectivity index (χ3n) is 2.83. The molecule has 2 aromatic carbocycles. The number of hydrogen-bond donors (Lipinski definition) is 1. The molecule has 1 N–H and O–H groups in total. The number of anilines is 2. The molecule has 0 fully saturated rings. The Morgan fingerprint density at radius 2 is 2.14 bits per heavy atom. The van der Waals surface area contributed by atoms with Crippen LogP contribution in [0.2, 0.25) is 5.02 Å². The summed E-state index contributed by atoms with van der Waals surface area (Å²) >= 11 is 7.42. The molecule has 1 aromatic heterocycles. The average molecular weight is 323 g/mol. The second-order valence-corrected chi connectivity index (χ2v) is 5.80. The summed E-state index contributed by atoms with van der Waals surface area (Å²) in [7, 11) is 0. The molecule has 0 atom stereocenters. The lowest BCUT2D eigenvalue weighted by molar-refractivity contribution is 0.321. The normalized spacial score (nSPS) is 10.8. The van der Waals surface area contributed by atoms with Crippen molar-refractivity contribution in [1.29, 1.82) is 0 Å². The van der Waals surface area contributed by atoms with Crippen molar-refractivity contribution in [3.63, 3.8) is 0 Å². The van der Waals surface area contributed by atoms with Gasteiger partial charge in [0.25, 0.3) is 0 Å². The number of benzene rings is 2. The largest absolute Gasteiger partial charge is 0.491 e. The van der Waals surface area contributed by atoms with Crippen LogP contribution in [0.5, 0.6) is 5.75 Å². The van der Waals surface area contributed by atoms with Gasteiger partial charge in [-0.25, -0.2) is 9.37 Å². The van der Waals surface area contributed by atoms with Gasteiger partial charge in [-0.3, -0.25) is 0 Å². The lowest BCUT2D eigenvalue weighted by atomic mass is 10.3. The second kappa shape index (κ2) is 5.87. The van der Waals surface area contributed by atoms with E-state index in [9.17, 15) is 4.39 Å². The van der Waals surface area contributed by atoms with Crippen LogP contribution in [0.25, 0.3) is 10.2 Å². The number of thiazole rings is 1. The molecule has 0 bridgehead atoms. The number of fused-ring (bicyclic) bond motifs is 1. The van der Waals surface area contributed by atoms with E-state index in [1.165, 1.54) is 17.4 Å². The molecule has 21 heavy (non-hydrogen) atoms. The molecule has 0 spiro atoms. The fraction of sp³-hybridized carbons (Fsp3) is 0.133. The maximum atomic E-state index is 13.8. The molecular weight excluding hydrogens is 311 g/mol. The van der Waals surface area contributed by atoms with E-state index in [0.717, 1.165) is 10.2 Å². The van der Waals surface area contributed by atoms with Crippen molar-refractivity contribution in [1.82, 2.24) is 4.98 Å². The first-order chi connectivity index (χ1) is 10.2. The fourth-order valence-corrected chi connectivity index (χ4v) is 2.96. The quantitative estimate of drug-likeness (QED) is 0.714. The molecule has 0 amide bonds. The Bertz CT molecular complexity index is 790. The third-order valence-corrected chi connectivity index (χ3v) is 4.02. The van der Waals surface area contributed by atoms with Crippen molar-refractivity contribution in [3.8, 4) is 5.75 Å². The predicted molar refractivity (Wildman–Crippen MR) is 85.5 cm³/mol. The molecule has 0 saturated heterocycles. The van der Waals surface area contributed by atoms with Crippen LogP contribution in [0.15, 0.2) is 36.4 Å². The molecule has 3 rings (SSSR count). The van der Waals surface area contributed by atoms with Gasteiger partial charge in [0.1, 0.15) is 0 Å². The summed E-state index contributed by atoms with van der Waals surface area (Å²) in [6.45, 7) is 2.25. The van der Waals surface area contributed by atoms with Crippen LogP contribution >= 0.6 is 22.9 Å². The zero-order valence-electron chi connectivity index (χ0n) is 11.2. The van der Waals surface area contributed by atoms with Gasteiger partial charge in [-0.1, -0.05) is 22.9 Å². The molecule has 0 unspecified atom stereocenters. The fourth-order valence-electron chi connectivity index (χ4n) is 1.93. The van der Waals surface area contributed by atoms with Gasteiger partial charge >= 0.3 is 0 Å². The number of hydrogen-bond acceptors (Lipinski definition) is 4. The molecule has 1 heterocycles. The van der Waals surface area contributed by atoms with Crippen LogP contribution in [0, 0.1) is 5.82 Å². The molecule has 108 valence electrons. The molecular formula is C15H12ClFN2OS. The van der Waals surface area contributed by atoms with Crippen LogP contribution in [0.4, 0.5) is 15.2 Å². The van der Waals surface area contributed by atoms with E-state index in [2.05, 4.69) is 10.3 Å². The van der Waals surface area contributed by atoms with Crippen molar-refractivity contribution in [3.05, 3.63) is 47.2 Å². The van der Waals surface area contributed by atoms with E-state index in [1.807, 2.05) is 19.1 Å². The molecule has 6 heteroatoms. The summed E-state index contributed by atoms with van der Waals surface area (Å²) < 4.78 is 20.0. The van der Waals surface area contributed by atoms with Crippen molar-refractivity contribution < 1.29 is 9.13 Å². The van der Waals surface area contributed by atoms with Gasteiger partial charge in [0.05, 0.1) is 16.8 Å². The number of rotatable bonds is 4. The monoisotopic (exact) mass is 322 g/mol. The molecule has 3 aromatic rings. The van der Waals surface area contributed by atoms with E-state index in [0.29, 0.717) is 22.4 Å². The molecule has 3 nitrogen and oxygen atoms in total. The lowest BCUT2D eigenvalue weighted by Gasteiger charge is -2.07. The lowest BCUT2D eigenvalue weighted by Crippen LogP contribution is -1.96. The number of aromatic nitrogens is 1. The number of nitrogens with one attached hydrogen (secondary N) is 1. The van der Waals surface area contributed by atoms with E-state index in [1.54, 1.807) is 18.2 Å². The molecule has 0 aliphatic rings. The average Bonchev–Trinajstić information content (AvgIpc) is 2.83. The highest BCUT2D eigenvalue weighted by molar-refractivity contribution is 7.22. The van der Waals surface area contributed by atoms with Gasteiger partial charge in [-0.15, -0.1) is 0 Å². The number of ether oxygens (including phenoxy) is 1. The van der Waals surface area contributed by atoms with Gasteiger partial charge in [0.2, 0.25) is 0 Å². The minimum absolute atomic E-state index is 0.249. The Morgan fingerprint density at radius 3 is 2.90 bits per heavy atom. The maximum Gasteiger partial charge on any atom is 0.188 e. The highest BCUT2D eigenvalue weighted by Crippen LogP contribution is 2.31. The van der Waals surface area contributed by atoms with Gasteiger partial charge in [0, 0.05) is 16.8 Å². The van der Waals surface area contributed by atoms with E-state index in [4.69, 9.17) is 16.3 Å². The van der Waals surface area contributed by atoms with Crippen LogP contribution < -0.4 is 10.1 Å². The Labute approximate surface area is 130 Å². The van der Waals surface area contributed by atoms with Crippen LogP contribution in [-0.2, 0) is 0 Å². The molecule has 0 saturated carbocycles. The smallest absolute Gasteiger partial charge is 0.188 e. The Kier molecular flexibility index (Phi) is 3.94. The molecule has 0 aliphatic heterocycles. The van der Waals surface area contributed by atoms with Crippen LogP contribution in [0.3, 0.4) is 0 Å². The number of nitrogens with zero attached hydrogens (tertiary/aromatic N) is 1. The zero-order valence-corrected chi connectivity index (χ0v) is 12.8. The minimum Gasteiger partial charge on any atom is -0.491 e. The zero-order chi connectivity index (χ0) is 14.8. The molecule has 0 radical (unpaired) electrons. The van der Waals surface area contributed by atoms with Crippen molar-refractivity contribution in [2.75, 3.05) is 11.9 Å². The van der Waals surface area contributed by atoms with E-state index >= 15 is 0 Å². The second-order valence-electron chi connectivity index (χ2n) is 4.33. The SMILES string of the molecule is CCOc1ccc(Nc2nc3cc(Cl)ccc3s2)cc1F. The van der Waals surface area contributed by atoms with E-state index in [-0.39, 0.29) is 5.75 Å². The van der Waals surface area contributed by atoms with Gasteiger partial charge < -0.3 is 10.1 Å². The third kappa shape index (κ3) is 3.09. The van der Waals surface area contributed by atoms with Crippen molar-refractivity contribution >= 4 is 44.0 Å². The Balaban J connectivity index is 1.86. The van der Waals surface area contributed by atoms with E-state index < -0.39 is 5.82 Å². The summed E-state index contributed by atoms with van der Waals surface area (Å²) in [5.74, 6) is -0.148. The first-order valence-electron chi connectivity index (χ1n) is 6.41. The first kappa shape index (κ1) is 14.1. The topological polar surface area (TPSA) is 34.1 Å².